The van der Waals surface area contributed by atoms with Gasteiger partial charge in [0, 0.05) is 0 Å². The molecule has 0 radical (unpaired) electrons. The van der Waals surface area contributed by atoms with Crippen molar-refractivity contribution in [1.29, 1.82) is 0 Å². The van der Waals surface area contributed by atoms with Gasteiger partial charge in [0.15, 0.2) is 0 Å². The maximum Gasteiger partial charge on any atom is 0.295 e. The third kappa shape index (κ3) is 3.20. The standard InChI is InChI=1S/C18H15O3PS/c19-23(20,21)16-12-11-15(13-7-3-1-4-8-13)17(18(16)22)14-9-5-2-6-10-14/h1-12H,22H2,(H,19,20,21). The Hall–Kier alpha value is -2.00. The van der Waals surface area contributed by atoms with Crippen LogP contribution in [0.25, 0.3) is 22.3 Å². The second-order valence-corrected chi connectivity index (χ2v) is 7.07. The molecule has 0 amide bonds. The minimum Gasteiger partial charge on any atom is -0.282 e. The molecular formula is C18H15O3PS. The van der Waals surface area contributed by atoms with Crippen LogP contribution in [0.5, 0.6) is 0 Å². The summed E-state index contributed by atoms with van der Waals surface area (Å²) in [4.78, 5) is -0.0963. The highest BCUT2D eigenvalue weighted by atomic mass is 32.2. The third-order valence-corrected chi connectivity index (χ3v) is 5.35. The summed E-state index contributed by atoms with van der Waals surface area (Å²) < 4.78 is 32.7. The number of hydrogen-bond acceptors (Lipinski definition) is 2. The van der Waals surface area contributed by atoms with E-state index in [1.165, 1.54) is 6.07 Å². The second-order valence-electron chi connectivity index (χ2n) is 5.11. The maximum absolute atomic E-state index is 11.6. The van der Waals surface area contributed by atoms with Crippen molar-refractivity contribution in [3.8, 4) is 22.3 Å². The monoisotopic (exact) mass is 342 g/mol. The lowest BCUT2D eigenvalue weighted by Crippen LogP contribution is -2.12. The van der Waals surface area contributed by atoms with Gasteiger partial charge in [-0.2, -0.15) is 8.42 Å². The van der Waals surface area contributed by atoms with Crippen molar-refractivity contribution in [2.75, 3.05) is 0 Å². The lowest BCUT2D eigenvalue weighted by Gasteiger charge is -2.15. The van der Waals surface area contributed by atoms with Gasteiger partial charge in [-0.25, -0.2) is 0 Å². The summed E-state index contributed by atoms with van der Waals surface area (Å²) in [6.45, 7) is 0. The quantitative estimate of drug-likeness (QED) is 0.582. The Bertz CT molecular complexity index is 937. The molecular weight excluding hydrogens is 327 g/mol. The zero-order valence-corrected chi connectivity index (χ0v) is 14.1. The third-order valence-electron chi connectivity index (χ3n) is 3.63. The summed E-state index contributed by atoms with van der Waals surface area (Å²) in [6, 6.07) is 22.4. The molecule has 116 valence electrons. The van der Waals surface area contributed by atoms with Gasteiger partial charge in [0.1, 0.15) is 4.90 Å². The van der Waals surface area contributed by atoms with Crippen molar-refractivity contribution in [3.63, 3.8) is 0 Å². The SMILES string of the molecule is O=S(=O)(O)c1ccc(-c2ccccc2)c(-c2ccccc2)c1P. The van der Waals surface area contributed by atoms with E-state index in [4.69, 9.17) is 0 Å². The maximum atomic E-state index is 11.6. The molecule has 5 heteroatoms. The highest BCUT2D eigenvalue weighted by molar-refractivity contribution is 7.86. The first kappa shape index (κ1) is 15.9. The van der Waals surface area contributed by atoms with E-state index in [0.717, 1.165) is 22.3 Å². The van der Waals surface area contributed by atoms with E-state index in [9.17, 15) is 13.0 Å². The highest BCUT2D eigenvalue weighted by Gasteiger charge is 2.20. The Morgan fingerprint density at radius 3 is 1.78 bits per heavy atom. The van der Waals surface area contributed by atoms with Gasteiger partial charge in [0.2, 0.25) is 0 Å². The van der Waals surface area contributed by atoms with Gasteiger partial charge in [-0.05, 0) is 33.6 Å². The van der Waals surface area contributed by atoms with Gasteiger partial charge >= 0.3 is 0 Å². The number of benzene rings is 3. The molecule has 1 N–H and O–H groups in total. The molecule has 3 rings (SSSR count). The minimum atomic E-state index is -4.28. The van der Waals surface area contributed by atoms with Crippen LogP contribution in [-0.2, 0) is 10.1 Å². The molecule has 0 fully saturated rings. The van der Waals surface area contributed by atoms with Crippen molar-refractivity contribution in [2.45, 2.75) is 4.90 Å². The van der Waals surface area contributed by atoms with Crippen LogP contribution in [0.4, 0.5) is 0 Å². The first-order valence-corrected chi connectivity index (χ1v) is 9.01. The van der Waals surface area contributed by atoms with Crippen LogP contribution in [0.15, 0.2) is 77.7 Å². The molecule has 0 saturated carbocycles. The van der Waals surface area contributed by atoms with Gasteiger partial charge < -0.3 is 0 Å². The minimum absolute atomic E-state index is 0.0963. The first-order valence-electron chi connectivity index (χ1n) is 6.99. The molecule has 0 aliphatic rings. The lowest BCUT2D eigenvalue weighted by atomic mass is 9.94. The molecule has 1 atom stereocenters. The molecule has 23 heavy (non-hydrogen) atoms. The molecule has 3 aromatic rings. The Morgan fingerprint density at radius 2 is 1.26 bits per heavy atom. The van der Waals surface area contributed by atoms with Crippen LogP contribution in [0.2, 0.25) is 0 Å². The molecule has 0 aliphatic heterocycles. The summed E-state index contributed by atoms with van der Waals surface area (Å²) in [5.74, 6) is 0. The van der Waals surface area contributed by atoms with Crippen molar-refractivity contribution >= 4 is 24.7 Å². The Morgan fingerprint density at radius 1 is 0.739 bits per heavy atom. The summed E-state index contributed by atoms with van der Waals surface area (Å²) >= 11 is 0. The zero-order chi connectivity index (χ0) is 16.4. The molecule has 0 heterocycles. The summed E-state index contributed by atoms with van der Waals surface area (Å²) in [6.07, 6.45) is 0. The zero-order valence-electron chi connectivity index (χ0n) is 12.2. The fourth-order valence-corrected chi connectivity index (χ4v) is 4.08. The fraction of sp³-hybridized carbons (Fsp3) is 0. The Kier molecular flexibility index (Phi) is 4.31. The predicted molar refractivity (Wildman–Crippen MR) is 96.5 cm³/mol. The predicted octanol–water partition coefficient (Wildman–Crippen LogP) is 3.77. The molecule has 3 nitrogen and oxygen atoms in total. The van der Waals surface area contributed by atoms with Gasteiger partial charge in [-0.1, -0.05) is 66.7 Å². The molecule has 0 aromatic heterocycles. The van der Waals surface area contributed by atoms with Crippen LogP contribution < -0.4 is 5.30 Å². The molecule has 0 spiro atoms. The average Bonchev–Trinajstić information content (AvgIpc) is 2.55. The van der Waals surface area contributed by atoms with Gasteiger partial charge in [-0.3, -0.25) is 4.55 Å². The van der Waals surface area contributed by atoms with Crippen molar-refractivity contribution in [2.24, 2.45) is 0 Å². The van der Waals surface area contributed by atoms with Crippen LogP contribution in [0.3, 0.4) is 0 Å². The van der Waals surface area contributed by atoms with E-state index in [-0.39, 0.29) is 4.90 Å². The van der Waals surface area contributed by atoms with Crippen molar-refractivity contribution < 1.29 is 13.0 Å². The van der Waals surface area contributed by atoms with Crippen molar-refractivity contribution in [3.05, 3.63) is 72.8 Å². The highest BCUT2D eigenvalue weighted by Crippen LogP contribution is 2.33. The summed E-state index contributed by atoms with van der Waals surface area (Å²) in [7, 11) is -1.83. The van der Waals surface area contributed by atoms with Crippen LogP contribution in [-0.4, -0.2) is 13.0 Å². The van der Waals surface area contributed by atoms with Gasteiger partial charge in [0.05, 0.1) is 0 Å². The van der Waals surface area contributed by atoms with E-state index >= 15 is 0 Å². The normalized spacial score (nSPS) is 11.4. The Labute approximate surface area is 138 Å². The lowest BCUT2D eigenvalue weighted by molar-refractivity contribution is 0.484. The molecule has 0 bridgehead atoms. The van der Waals surface area contributed by atoms with Crippen molar-refractivity contribution in [1.82, 2.24) is 0 Å². The van der Waals surface area contributed by atoms with Gasteiger partial charge in [0.25, 0.3) is 10.1 Å². The Balaban J connectivity index is 2.36. The van der Waals surface area contributed by atoms with E-state index < -0.39 is 10.1 Å². The fourth-order valence-electron chi connectivity index (χ4n) is 2.60. The van der Waals surface area contributed by atoms with E-state index in [1.54, 1.807) is 6.07 Å². The van der Waals surface area contributed by atoms with E-state index in [1.807, 2.05) is 60.7 Å². The largest absolute Gasteiger partial charge is 0.295 e. The van der Waals surface area contributed by atoms with Crippen LogP contribution >= 0.6 is 9.24 Å². The molecule has 3 aromatic carbocycles. The molecule has 0 saturated heterocycles. The van der Waals surface area contributed by atoms with Crippen LogP contribution in [0, 0.1) is 0 Å². The van der Waals surface area contributed by atoms with E-state index in [0.29, 0.717) is 5.30 Å². The smallest absolute Gasteiger partial charge is 0.282 e. The molecule has 1 unspecified atom stereocenters. The summed E-state index contributed by atoms with van der Waals surface area (Å²) in [5, 5.41) is 0.458. The second kappa shape index (κ2) is 6.25. The van der Waals surface area contributed by atoms with Crippen LogP contribution in [0.1, 0.15) is 0 Å². The first-order chi connectivity index (χ1) is 11.0. The number of rotatable bonds is 3. The molecule has 0 aliphatic carbocycles. The summed E-state index contributed by atoms with van der Waals surface area (Å²) in [5.41, 5.74) is 3.56. The topological polar surface area (TPSA) is 54.4 Å². The average molecular weight is 342 g/mol. The van der Waals surface area contributed by atoms with Gasteiger partial charge in [-0.15, -0.1) is 9.24 Å². The van der Waals surface area contributed by atoms with E-state index in [2.05, 4.69) is 9.24 Å². The number of hydrogen-bond donors (Lipinski definition) is 1.